The molecule has 0 heterocycles. The average Bonchev–Trinajstić information content (AvgIpc) is 2.52. The fraction of sp³-hybridized carbons (Fsp3) is 0.167. The van der Waals surface area contributed by atoms with E-state index in [0.717, 1.165) is 17.7 Å². The Labute approximate surface area is 135 Å². The maximum atomic E-state index is 11.8. The van der Waals surface area contributed by atoms with E-state index in [4.69, 9.17) is 16.3 Å². The highest BCUT2D eigenvalue weighted by molar-refractivity contribution is 6.30. The molecule has 2 aromatic carbocycles. The third kappa shape index (κ3) is 5.26. The minimum Gasteiger partial charge on any atom is -0.494 e. The standard InChI is InChI=1S/C18H18ClNO2/c1-2-12-22-17-9-6-14(7-10-17)8-11-18(21)20-16-5-3-4-15(19)13-16/h3-11,13H,2,12H2,1H3,(H,20,21). The summed E-state index contributed by atoms with van der Waals surface area (Å²) in [4.78, 5) is 11.8. The first kappa shape index (κ1) is 16.1. The summed E-state index contributed by atoms with van der Waals surface area (Å²) in [5, 5.41) is 3.34. The van der Waals surface area contributed by atoms with Crippen LogP contribution >= 0.6 is 11.6 Å². The number of hydrogen-bond donors (Lipinski definition) is 1. The normalized spacial score (nSPS) is 10.6. The van der Waals surface area contributed by atoms with Gasteiger partial charge >= 0.3 is 0 Å². The van der Waals surface area contributed by atoms with E-state index in [1.165, 1.54) is 6.08 Å². The van der Waals surface area contributed by atoms with Crippen LogP contribution in [0, 0.1) is 0 Å². The van der Waals surface area contributed by atoms with Gasteiger partial charge in [0.05, 0.1) is 6.61 Å². The van der Waals surface area contributed by atoms with Gasteiger partial charge in [-0.15, -0.1) is 0 Å². The van der Waals surface area contributed by atoms with Crippen LogP contribution in [0.3, 0.4) is 0 Å². The lowest BCUT2D eigenvalue weighted by atomic mass is 10.2. The van der Waals surface area contributed by atoms with Gasteiger partial charge in [0.25, 0.3) is 0 Å². The van der Waals surface area contributed by atoms with Crippen LogP contribution in [0.1, 0.15) is 18.9 Å². The lowest BCUT2D eigenvalue weighted by Gasteiger charge is -2.04. The maximum Gasteiger partial charge on any atom is 0.248 e. The molecule has 22 heavy (non-hydrogen) atoms. The summed E-state index contributed by atoms with van der Waals surface area (Å²) >= 11 is 5.87. The highest BCUT2D eigenvalue weighted by Crippen LogP contribution is 2.16. The topological polar surface area (TPSA) is 38.3 Å². The van der Waals surface area contributed by atoms with Gasteiger partial charge < -0.3 is 10.1 Å². The predicted octanol–water partition coefficient (Wildman–Crippen LogP) is 4.78. The molecule has 0 aromatic heterocycles. The molecule has 0 saturated carbocycles. The molecule has 1 amide bonds. The fourth-order valence-electron chi connectivity index (χ4n) is 1.82. The number of nitrogens with one attached hydrogen (secondary N) is 1. The Balaban J connectivity index is 1.92. The zero-order valence-corrected chi connectivity index (χ0v) is 13.1. The van der Waals surface area contributed by atoms with E-state index in [1.54, 1.807) is 30.3 Å². The smallest absolute Gasteiger partial charge is 0.248 e. The van der Waals surface area contributed by atoms with Crippen molar-refractivity contribution in [3.8, 4) is 5.75 Å². The van der Waals surface area contributed by atoms with E-state index in [2.05, 4.69) is 12.2 Å². The molecule has 114 valence electrons. The Morgan fingerprint density at radius 2 is 2.00 bits per heavy atom. The van der Waals surface area contributed by atoms with Gasteiger partial charge in [0.2, 0.25) is 5.91 Å². The molecule has 0 aliphatic heterocycles. The Hall–Kier alpha value is -2.26. The van der Waals surface area contributed by atoms with Crippen LogP contribution in [-0.2, 0) is 4.79 Å². The van der Waals surface area contributed by atoms with E-state index < -0.39 is 0 Å². The minimum absolute atomic E-state index is 0.200. The number of amides is 1. The van der Waals surface area contributed by atoms with Crippen molar-refractivity contribution in [3.05, 3.63) is 65.2 Å². The van der Waals surface area contributed by atoms with Crippen molar-refractivity contribution < 1.29 is 9.53 Å². The summed E-state index contributed by atoms with van der Waals surface area (Å²) in [6.45, 7) is 2.77. The van der Waals surface area contributed by atoms with E-state index in [0.29, 0.717) is 17.3 Å². The second-order valence-electron chi connectivity index (χ2n) is 4.75. The molecular formula is C18H18ClNO2. The van der Waals surface area contributed by atoms with Gasteiger partial charge in [-0.2, -0.15) is 0 Å². The van der Waals surface area contributed by atoms with Gasteiger partial charge in [-0.3, -0.25) is 4.79 Å². The molecule has 0 unspecified atom stereocenters. The number of carbonyl (C=O) groups excluding carboxylic acids is 1. The summed E-state index contributed by atoms with van der Waals surface area (Å²) in [5.41, 5.74) is 1.61. The van der Waals surface area contributed by atoms with Gasteiger partial charge in [-0.1, -0.05) is 36.7 Å². The number of ether oxygens (including phenoxy) is 1. The van der Waals surface area contributed by atoms with Crippen molar-refractivity contribution in [1.29, 1.82) is 0 Å². The summed E-state index contributed by atoms with van der Waals surface area (Å²) in [5.74, 6) is 0.635. The van der Waals surface area contributed by atoms with Crippen LogP contribution in [0.15, 0.2) is 54.6 Å². The van der Waals surface area contributed by atoms with Crippen molar-refractivity contribution in [2.75, 3.05) is 11.9 Å². The quantitative estimate of drug-likeness (QED) is 0.779. The van der Waals surface area contributed by atoms with Crippen LogP contribution in [0.5, 0.6) is 5.75 Å². The SMILES string of the molecule is CCCOc1ccc(C=CC(=O)Nc2cccc(Cl)c2)cc1. The molecule has 2 aromatic rings. The molecule has 0 bridgehead atoms. The molecule has 4 heteroatoms. The molecule has 2 rings (SSSR count). The predicted molar refractivity (Wildman–Crippen MR) is 91.3 cm³/mol. The van der Waals surface area contributed by atoms with Gasteiger partial charge in [0.1, 0.15) is 5.75 Å². The number of rotatable bonds is 6. The van der Waals surface area contributed by atoms with Crippen molar-refractivity contribution >= 4 is 29.3 Å². The minimum atomic E-state index is -0.200. The molecule has 0 saturated heterocycles. The van der Waals surface area contributed by atoms with Gasteiger partial charge in [-0.25, -0.2) is 0 Å². The van der Waals surface area contributed by atoms with Crippen LogP contribution in [-0.4, -0.2) is 12.5 Å². The molecule has 0 fully saturated rings. The number of halogens is 1. The van der Waals surface area contributed by atoms with E-state index in [9.17, 15) is 4.79 Å². The average molecular weight is 316 g/mol. The highest BCUT2D eigenvalue weighted by atomic mass is 35.5. The van der Waals surface area contributed by atoms with Gasteiger partial charge in [0, 0.05) is 16.8 Å². The molecule has 0 atom stereocenters. The number of carbonyl (C=O) groups is 1. The molecule has 0 spiro atoms. The van der Waals surface area contributed by atoms with Gasteiger partial charge in [-0.05, 0) is 48.4 Å². The summed E-state index contributed by atoms with van der Waals surface area (Å²) in [6, 6.07) is 14.6. The third-order valence-electron chi connectivity index (χ3n) is 2.87. The van der Waals surface area contributed by atoms with Crippen molar-refractivity contribution in [3.63, 3.8) is 0 Å². The van der Waals surface area contributed by atoms with E-state index in [-0.39, 0.29) is 5.91 Å². The third-order valence-corrected chi connectivity index (χ3v) is 3.11. The second-order valence-corrected chi connectivity index (χ2v) is 5.19. The van der Waals surface area contributed by atoms with Crippen LogP contribution in [0.2, 0.25) is 5.02 Å². The first-order valence-corrected chi connectivity index (χ1v) is 7.52. The summed E-state index contributed by atoms with van der Waals surface area (Å²) in [6.07, 6.45) is 4.22. The summed E-state index contributed by atoms with van der Waals surface area (Å²) in [7, 11) is 0. The molecular weight excluding hydrogens is 298 g/mol. The fourth-order valence-corrected chi connectivity index (χ4v) is 2.01. The highest BCUT2D eigenvalue weighted by Gasteiger charge is 1.99. The second kappa shape index (κ2) is 8.25. The van der Waals surface area contributed by atoms with E-state index in [1.807, 2.05) is 24.3 Å². The number of hydrogen-bond acceptors (Lipinski definition) is 2. The van der Waals surface area contributed by atoms with Crippen molar-refractivity contribution in [2.24, 2.45) is 0 Å². The molecule has 0 aliphatic carbocycles. The van der Waals surface area contributed by atoms with Crippen molar-refractivity contribution in [1.82, 2.24) is 0 Å². The lowest BCUT2D eigenvalue weighted by Crippen LogP contribution is -2.07. The largest absolute Gasteiger partial charge is 0.494 e. The van der Waals surface area contributed by atoms with Crippen LogP contribution in [0.4, 0.5) is 5.69 Å². The number of benzene rings is 2. The lowest BCUT2D eigenvalue weighted by molar-refractivity contribution is -0.111. The van der Waals surface area contributed by atoms with Crippen LogP contribution in [0.25, 0.3) is 6.08 Å². The number of anilines is 1. The maximum absolute atomic E-state index is 11.8. The monoisotopic (exact) mass is 315 g/mol. The Morgan fingerprint density at radius 1 is 1.23 bits per heavy atom. The molecule has 3 nitrogen and oxygen atoms in total. The zero-order valence-electron chi connectivity index (χ0n) is 12.4. The molecule has 1 N–H and O–H groups in total. The van der Waals surface area contributed by atoms with Crippen molar-refractivity contribution in [2.45, 2.75) is 13.3 Å². The Morgan fingerprint density at radius 3 is 2.68 bits per heavy atom. The first-order chi connectivity index (χ1) is 10.7. The van der Waals surface area contributed by atoms with Gasteiger partial charge in [0.15, 0.2) is 0 Å². The first-order valence-electron chi connectivity index (χ1n) is 7.15. The van der Waals surface area contributed by atoms with Crippen LogP contribution < -0.4 is 10.1 Å². The summed E-state index contributed by atoms with van der Waals surface area (Å²) < 4.78 is 5.51. The Bertz CT molecular complexity index is 650. The zero-order chi connectivity index (χ0) is 15.8. The van der Waals surface area contributed by atoms with E-state index >= 15 is 0 Å². The molecule has 0 radical (unpaired) electrons. The Kier molecular flexibility index (Phi) is 6.04. The molecule has 0 aliphatic rings.